The fraction of sp³-hybridized carbons (Fsp3) is 0.375. The van der Waals surface area contributed by atoms with Crippen LogP contribution in [0.15, 0.2) is 53.3 Å². The Morgan fingerprint density at radius 2 is 1.84 bits per heavy atom. The van der Waals surface area contributed by atoms with E-state index in [1.54, 1.807) is 6.07 Å². The predicted molar refractivity (Wildman–Crippen MR) is 124 cm³/mol. The number of anilines is 2. The van der Waals surface area contributed by atoms with Crippen molar-refractivity contribution < 1.29 is 4.79 Å². The van der Waals surface area contributed by atoms with Gasteiger partial charge in [0, 0.05) is 24.5 Å². The molecule has 1 amide bonds. The van der Waals surface area contributed by atoms with Gasteiger partial charge in [0.05, 0.1) is 24.0 Å². The number of para-hydroxylation sites is 1. The van der Waals surface area contributed by atoms with Crippen LogP contribution in [0.25, 0.3) is 10.9 Å². The molecular weight excluding hydrogens is 390 g/mol. The lowest BCUT2D eigenvalue weighted by Gasteiger charge is -2.28. The van der Waals surface area contributed by atoms with E-state index in [1.807, 2.05) is 42.2 Å². The summed E-state index contributed by atoms with van der Waals surface area (Å²) in [5, 5.41) is 3.54. The quantitative estimate of drug-likeness (QED) is 0.614. The number of hydrogen-bond donors (Lipinski definition) is 2. The van der Waals surface area contributed by atoms with Crippen LogP contribution < -0.4 is 15.8 Å². The summed E-state index contributed by atoms with van der Waals surface area (Å²) < 4.78 is 0. The lowest BCUT2D eigenvalue weighted by Crippen LogP contribution is -2.34. The van der Waals surface area contributed by atoms with Gasteiger partial charge in [0.2, 0.25) is 5.91 Å². The van der Waals surface area contributed by atoms with Gasteiger partial charge in [-0.1, -0.05) is 19.1 Å². The highest BCUT2D eigenvalue weighted by Crippen LogP contribution is 2.21. The summed E-state index contributed by atoms with van der Waals surface area (Å²) in [5.41, 5.74) is 2.50. The number of carbonyl (C=O) groups is 1. The first-order valence-corrected chi connectivity index (χ1v) is 11.0. The molecule has 0 spiro atoms. The van der Waals surface area contributed by atoms with Gasteiger partial charge >= 0.3 is 0 Å². The Balaban J connectivity index is 1.36. The monoisotopic (exact) mass is 419 g/mol. The number of likely N-dealkylation sites (N-methyl/N-ethyl adjacent to an activating group) is 1. The zero-order valence-corrected chi connectivity index (χ0v) is 17.9. The number of piperidine rings is 1. The maximum absolute atomic E-state index is 12.6. The molecule has 1 saturated heterocycles. The zero-order valence-electron chi connectivity index (χ0n) is 17.9. The molecule has 3 aromatic rings. The average molecular weight is 420 g/mol. The standard InChI is InChI=1S/C24H29N5O2/c1-2-28(16-22-26-21-9-5-4-8-20(21)24(31)27-22)17-23(30)25-18-10-12-19(13-11-18)29-14-6-3-7-15-29/h4-5,8-13H,2-3,6-7,14-17H2,1H3,(H,25,30)(H,26,27,31). The van der Waals surface area contributed by atoms with Crippen molar-refractivity contribution in [3.05, 3.63) is 64.7 Å². The van der Waals surface area contributed by atoms with Crippen LogP contribution in [0.3, 0.4) is 0 Å². The minimum atomic E-state index is -0.158. The van der Waals surface area contributed by atoms with Gasteiger partial charge in [0.25, 0.3) is 5.56 Å². The van der Waals surface area contributed by atoms with Crippen LogP contribution >= 0.6 is 0 Å². The number of amides is 1. The van der Waals surface area contributed by atoms with Crippen molar-refractivity contribution in [2.75, 3.05) is 36.4 Å². The summed E-state index contributed by atoms with van der Waals surface area (Å²) in [6.07, 6.45) is 3.78. The third kappa shape index (κ3) is 5.30. The van der Waals surface area contributed by atoms with Crippen LogP contribution in [-0.2, 0) is 11.3 Å². The Morgan fingerprint density at radius 3 is 2.58 bits per heavy atom. The van der Waals surface area contributed by atoms with Gasteiger partial charge in [-0.3, -0.25) is 14.5 Å². The average Bonchev–Trinajstić information content (AvgIpc) is 2.80. The second kappa shape index (κ2) is 9.75. The fourth-order valence-electron chi connectivity index (χ4n) is 4.01. The molecular formula is C24H29N5O2. The summed E-state index contributed by atoms with van der Waals surface area (Å²) in [6.45, 7) is 5.47. The van der Waals surface area contributed by atoms with Crippen LogP contribution in [-0.4, -0.2) is 47.0 Å². The summed E-state index contributed by atoms with van der Waals surface area (Å²) in [6, 6.07) is 15.3. The predicted octanol–water partition coefficient (Wildman–Crippen LogP) is 3.37. The van der Waals surface area contributed by atoms with Crippen molar-refractivity contribution in [3.8, 4) is 0 Å². The molecule has 7 nitrogen and oxygen atoms in total. The van der Waals surface area contributed by atoms with Gasteiger partial charge in [-0.25, -0.2) is 4.98 Å². The van der Waals surface area contributed by atoms with Gasteiger partial charge in [-0.15, -0.1) is 0 Å². The Bertz CT molecular complexity index is 1090. The van der Waals surface area contributed by atoms with E-state index in [0.717, 1.165) is 18.8 Å². The number of rotatable bonds is 7. The van der Waals surface area contributed by atoms with E-state index < -0.39 is 0 Å². The molecule has 1 aliphatic heterocycles. The second-order valence-electron chi connectivity index (χ2n) is 7.98. The molecule has 1 aromatic heterocycles. The van der Waals surface area contributed by atoms with E-state index >= 15 is 0 Å². The fourth-order valence-corrected chi connectivity index (χ4v) is 4.01. The maximum Gasteiger partial charge on any atom is 0.258 e. The molecule has 1 fully saturated rings. The molecule has 4 rings (SSSR count). The third-order valence-corrected chi connectivity index (χ3v) is 5.72. The lowest BCUT2D eigenvalue weighted by atomic mass is 10.1. The van der Waals surface area contributed by atoms with Gasteiger partial charge in [0.15, 0.2) is 0 Å². The normalized spacial score (nSPS) is 14.2. The Hall–Kier alpha value is -3.19. The minimum absolute atomic E-state index is 0.0873. The molecule has 7 heteroatoms. The van der Waals surface area contributed by atoms with E-state index in [4.69, 9.17) is 0 Å². The van der Waals surface area contributed by atoms with E-state index in [1.165, 1.54) is 24.9 Å². The van der Waals surface area contributed by atoms with Crippen molar-refractivity contribution in [1.82, 2.24) is 14.9 Å². The molecule has 2 N–H and O–H groups in total. The van der Waals surface area contributed by atoms with Crippen LogP contribution in [0.2, 0.25) is 0 Å². The van der Waals surface area contributed by atoms with Crippen LogP contribution in [0.5, 0.6) is 0 Å². The largest absolute Gasteiger partial charge is 0.372 e. The highest BCUT2D eigenvalue weighted by Gasteiger charge is 2.14. The summed E-state index contributed by atoms with van der Waals surface area (Å²) >= 11 is 0. The molecule has 1 aliphatic rings. The van der Waals surface area contributed by atoms with Crippen molar-refractivity contribution in [2.24, 2.45) is 0 Å². The number of aromatic amines is 1. The number of nitrogens with zero attached hydrogens (tertiary/aromatic N) is 3. The van der Waals surface area contributed by atoms with Crippen molar-refractivity contribution in [3.63, 3.8) is 0 Å². The Labute approximate surface area is 182 Å². The maximum atomic E-state index is 12.6. The molecule has 0 unspecified atom stereocenters. The van der Waals surface area contributed by atoms with Crippen LogP contribution in [0.4, 0.5) is 11.4 Å². The minimum Gasteiger partial charge on any atom is -0.372 e. The van der Waals surface area contributed by atoms with Crippen LogP contribution in [0.1, 0.15) is 32.0 Å². The number of hydrogen-bond acceptors (Lipinski definition) is 5. The van der Waals surface area contributed by atoms with Crippen molar-refractivity contribution in [1.29, 1.82) is 0 Å². The van der Waals surface area contributed by atoms with Gasteiger partial charge in [-0.2, -0.15) is 0 Å². The number of benzene rings is 2. The van der Waals surface area contributed by atoms with E-state index in [9.17, 15) is 9.59 Å². The second-order valence-corrected chi connectivity index (χ2v) is 7.98. The van der Waals surface area contributed by atoms with Gasteiger partial charge in [0.1, 0.15) is 5.82 Å². The molecule has 0 atom stereocenters. The van der Waals surface area contributed by atoms with Crippen molar-refractivity contribution >= 4 is 28.2 Å². The molecule has 0 bridgehead atoms. The van der Waals surface area contributed by atoms with Crippen LogP contribution in [0, 0.1) is 0 Å². The van der Waals surface area contributed by atoms with E-state index in [0.29, 0.717) is 29.8 Å². The molecule has 31 heavy (non-hydrogen) atoms. The molecule has 0 radical (unpaired) electrons. The highest BCUT2D eigenvalue weighted by atomic mass is 16.2. The molecule has 0 saturated carbocycles. The molecule has 2 aromatic carbocycles. The summed E-state index contributed by atoms with van der Waals surface area (Å²) in [4.78, 5) is 36.6. The number of fused-ring (bicyclic) bond motifs is 1. The smallest absolute Gasteiger partial charge is 0.258 e. The first kappa shape index (κ1) is 21.1. The van der Waals surface area contributed by atoms with Gasteiger partial charge in [-0.05, 0) is 62.2 Å². The topological polar surface area (TPSA) is 81.3 Å². The number of carbonyl (C=O) groups excluding carboxylic acids is 1. The molecule has 2 heterocycles. The molecule has 0 aliphatic carbocycles. The van der Waals surface area contributed by atoms with E-state index in [-0.39, 0.29) is 18.0 Å². The summed E-state index contributed by atoms with van der Waals surface area (Å²) in [7, 11) is 0. The lowest BCUT2D eigenvalue weighted by molar-refractivity contribution is -0.117. The number of nitrogens with one attached hydrogen (secondary N) is 2. The zero-order chi connectivity index (χ0) is 21.6. The Kier molecular flexibility index (Phi) is 6.62. The Morgan fingerprint density at radius 1 is 1.10 bits per heavy atom. The SMILES string of the molecule is CCN(CC(=O)Nc1ccc(N2CCCCC2)cc1)Cc1nc2ccccc2c(=O)[nH]1. The van der Waals surface area contributed by atoms with E-state index in [2.05, 4.69) is 32.3 Å². The number of aromatic nitrogens is 2. The first-order valence-electron chi connectivity index (χ1n) is 11.0. The van der Waals surface area contributed by atoms with Crippen molar-refractivity contribution in [2.45, 2.75) is 32.7 Å². The number of H-pyrrole nitrogens is 1. The molecule has 162 valence electrons. The summed E-state index contributed by atoms with van der Waals surface area (Å²) in [5.74, 6) is 0.472. The first-order chi connectivity index (χ1) is 15.1. The third-order valence-electron chi connectivity index (χ3n) is 5.72. The highest BCUT2D eigenvalue weighted by molar-refractivity contribution is 5.92. The van der Waals surface area contributed by atoms with Gasteiger partial charge < -0.3 is 15.2 Å².